The Morgan fingerprint density at radius 3 is 2.40 bits per heavy atom. The number of fused-ring (bicyclic) bond motifs is 1. The standard InChI is InChI=1S/C29H30ClN3O6S/c1-38-23-9-6-21(7-10-23)29(35)33-16-13-20-5-8-22(17-26(20)33)31-28(34)19-39-27-12-11-24(18-25(27)30)40(36,37)32-14-3-2-4-15-32/h5-12,17-18H,2-4,13-16,19H2,1H3,(H,31,34). The highest BCUT2D eigenvalue weighted by Crippen LogP contribution is 2.33. The van der Waals surface area contributed by atoms with Crippen LogP contribution in [0.5, 0.6) is 11.5 Å². The van der Waals surface area contributed by atoms with Crippen LogP contribution < -0.4 is 19.7 Å². The minimum absolute atomic E-state index is 0.100. The van der Waals surface area contributed by atoms with Gasteiger partial charge in [0.25, 0.3) is 11.8 Å². The molecule has 40 heavy (non-hydrogen) atoms. The van der Waals surface area contributed by atoms with E-state index in [1.54, 1.807) is 48.4 Å². The van der Waals surface area contributed by atoms with Gasteiger partial charge in [-0.25, -0.2) is 8.42 Å². The summed E-state index contributed by atoms with van der Waals surface area (Å²) < 4.78 is 38.0. The van der Waals surface area contributed by atoms with Crippen LogP contribution in [0, 0.1) is 0 Å². The van der Waals surface area contributed by atoms with E-state index in [1.165, 1.54) is 22.5 Å². The molecule has 1 N–H and O–H groups in total. The number of sulfonamides is 1. The molecular formula is C29H30ClN3O6S. The van der Waals surface area contributed by atoms with Crippen molar-refractivity contribution in [2.24, 2.45) is 0 Å². The Balaban J connectivity index is 1.21. The zero-order valence-electron chi connectivity index (χ0n) is 22.1. The molecule has 3 aromatic carbocycles. The van der Waals surface area contributed by atoms with Gasteiger partial charge in [-0.3, -0.25) is 9.59 Å². The Kier molecular flexibility index (Phi) is 8.30. The van der Waals surface area contributed by atoms with E-state index in [9.17, 15) is 18.0 Å². The largest absolute Gasteiger partial charge is 0.497 e. The first-order valence-corrected chi connectivity index (χ1v) is 14.9. The fraction of sp³-hybridized carbons (Fsp3) is 0.310. The van der Waals surface area contributed by atoms with Gasteiger partial charge < -0.3 is 19.7 Å². The summed E-state index contributed by atoms with van der Waals surface area (Å²) in [6.45, 7) is 1.20. The van der Waals surface area contributed by atoms with Crippen LogP contribution in [-0.2, 0) is 21.2 Å². The Morgan fingerprint density at radius 1 is 0.950 bits per heavy atom. The van der Waals surface area contributed by atoms with Crippen molar-refractivity contribution in [2.75, 3.05) is 43.6 Å². The Morgan fingerprint density at radius 2 is 1.70 bits per heavy atom. The quantitative estimate of drug-likeness (QED) is 0.410. The van der Waals surface area contributed by atoms with Gasteiger partial charge in [0.15, 0.2) is 6.61 Å². The molecule has 2 aliphatic rings. The number of hydrogen-bond acceptors (Lipinski definition) is 6. The molecule has 0 radical (unpaired) electrons. The van der Waals surface area contributed by atoms with Crippen LogP contribution >= 0.6 is 11.6 Å². The van der Waals surface area contributed by atoms with Crippen molar-refractivity contribution in [3.8, 4) is 11.5 Å². The van der Waals surface area contributed by atoms with Gasteiger partial charge in [0.1, 0.15) is 11.5 Å². The summed E-state index contributed by atoms with van der Waals surface area (Å²) in [5, 5.41) is 2.90. The van der Waals surface area contributed by atoms with Gasteiger partial charge in [-0.05, 0) is 79.4 Å². The van der Waals surface area contributed by atoms with E-state index >= 15 is 0 Å². The summed E-state index contributed by atoms with van der Waals surface area (Å²) in [6.07, 6.45) is 3.42. The number of nitrogens with zero attached hydrogens (tertiary/aromatic N) is 2. The lowest BCUT2D eigenvalue weighted by Crippen LogP contribution is -2.35. The van der Waals surface area contributed by atoms with Crippen molar-refractivity contribution in [2.45, 2.75) is 30.6 Å². The normalized spacial score (nSPS) is 15.4. The number of amides is 2. The first-order valence-electron chi connectivity index (χ1n) is 13.1. The van der Waals surface area contributed by atoms with Gasteiger partial charge in [-0.1, -0.05) is 24.1 Å². The monoisotopic (exact) mass is 583 g/mol. The second-order valence-corrected chi connectivity index (χ2v) is 12.0. The lowest BCUT2D eigenvalue weighted by atomic mass is 10.1. The molecule has 0 saturated carbocycles. The highest BCUT2D eigenvalue weighted by molar-refractivity contribution is 7.89. The maximum Gasteiger partial charge on any atom is 0.262 e. The minimum Gasteiger partial charge on any atom is -0.497 e. The summed E-state index contributed by atoms with van der Waals surface area (Å²) in [5.74, 6) is 0.325. The molecule has 2 heterocycles. The predicted molar refractivity (Wildman–Crippen MR) is 153 cm³/mol. The van der Waals surface area contributed by atoms with Crippen molar-refractivity contribution < 1.29 is 27.5 Å². The van der Waals surface area contributed by atoms with Crippen LogP contribution in [0.3, 0.4) is 0 Å². The molecule has 9 nitrogen and oxygen atoms in total. The third kappa shape index (κ3) is 5.94. The second kappa shape index (κ2) is 11.9. The van der Waals surface area contributed by atoms with Crippen LogP contribution in [0.4, 0.5) is 11.4 Å². The van der Waals surface area contributed by atoms with Crippen LogP contribution in [0.15, 0.2) is 65.6 Å². The van der Waals surface area contributed by atoms with Gasteiger partial charge in [0.05, 0.1) is 17.0 Å². The molecule has 2 amide bonds. The lowest BCUT2D eigenvalue weighted by Gasteiger charge is -2.26. The molecule has 0 bridgehead atoms. The lowest BCUT2D eigenvalue weighted by molar-refractivity contribution is -0.118. The van der Waals surface area contributed by atoms with Crippen molar-refractivity contribution in [1.29, 1.82) is 0 Å². The average molecular weight is 584 g/mol. The number of hydrogen-bond donors (Lipinski definition) is 1. The summed E-state index contributed by atoms with van der Waals surface area (Å²) >= 11 is 6.31. The zero-order chi connectivity index (χ0) is 28.3. The number of ether oxygens (including phenoxy) is 2. The first kappa shape index (κ1) is 27.9. The third-order valence-corrected chi connectivity index (χ3v) is 9.25. The highest BCUT2D eigenvalue weighted by atomic mass is 35.5. The van der Waals surface area contributed by atoms with E-state index in [0.717, 1.165) is 36.9 Å². The van der Waals surface area contributed by atoms with E-state index < -0.39 is 15.9 Å². The second-order valence-electron chi connectivity index (χ2n) is 9.67. The smallest absolute Gasteiger partial charge is 0.262 e. The van der Waals surface area contributed by atoms with Gasteiger partial charge in [-0.15, -0.1) is 0 Å². The molecule has 1 saturated heterocycles. The summed E-state index contributed by atoms with van der Waals surface area (Å²) in [5.41, 5.74) is 2.83. The molecule has 0 atom stereocenters. The molecule has 2 aliphatic heterocycles. The molecule has 11 heteroatoms. The number of carbonyl (C=O) groups excluding carboxylic acids is 2. The number of nitrogens with one attached hydrogen (secondary N) is 1. The molecule has 5 rings (SSSR count). The number of carbonyl (C=O) groups is 2. The molecular weight excluding hydrogens is 554 g/mol. The average Bonchev–Trinajstić information content (AvgIpc) is 3.40. The van der Waals surface area contributed by atoms with Crippen LogP contribution in [-0.4, -0.2) is 57.9 Å². The summed E-state index contributed by atoms with van der Waals surface area (Å²) in [4.78, 5) is 27.6. The van der Waals surface area contributed by atoms with Crippen molar-refractivity contribution in [1.82, 2.24) is 4.31 Å². The minimum atomic E-state index is -3.63. The summed E-state index contributed by atoms with van der Waals surface area (Å²) in [6, 6.07) is 16.6. The van der Waals surface area contributed by atoms with Crippen molar-refractivity contribution in [3.63, 3.8) is 0 Å². The molecule has 3 aromatic rings. The molecule has 0 aliphatic carbocycles. The van der Waals surface area contributed by atoms with Gasteiger partial charge in [-0.2, -0.15) is 4.31 Å². The molecule has 0 aromatic heterocycles. The molecule has 0 spiro atoms. The number of methoxy groups -OCH3 is 1. The maximum absolute atomic E-state index is 13.1. The Bertz CT molecular complexity index is 1520. The fourth-order valence-corrected chi connectivity index (χ4v) is 6.75. The van der Waals surface area contributed by atoms with Crippen LogP contribution in [0.25, 0.3) is 0 Å². The highest BCUT2D eigenvalue weighted by Gasteiger charge is 2.28. The van der Waals surface area contributed by atoms with Gasteiger partial charge in [0.2, 0.25) is 10.0 Å². The van der Waals surface area contributed by atoms with E-state index in [1.807, 2.05) is 6.07 Å². The maximum atomic E-state index is 13.1. The topological polar surface area (TPSA) is 105 Å². The number of halogens is 1. The Labute approximate surface area is 238 Å². The van der Waals surface area contributed by atoms with Crippen LogP contribution in [0.1, 0.15) is 35.2 Å². The van der Waals surface area contributed by atoms with Crippen LogP contribution in [0.2, 0.25) is 5.02 Å². The van der Waals surface area contributed by atoms with E-state index in [-0.39, 0.29) is 28.2 Å². The van der Waals surface area contributed by atoms with E-state index in [0.29, 0.717) is 36.6 Å². The fourth-order valence-electron chi connectivity index (χ4n) is 4.91. The molecule has 1 fully saturated rings. The van der Waals surface area contributed by atoms with Gasteiger partial charge in [0, 0.05) is 36.6 Å². The van der Waals surface area contributed by atoms with Crippen molar-refractivity contribution in [3.05, 3.63) is 76.8 Å². The third-order valence-electron chi connectivity index (χ3n) is 7.06. The number of piperidine rings is 1. The van der Waals surface area contributed by atoms with Crippen molar-refractivity contribution >= 4 is 44.8 Å². The summed E-state index contributed by atoms with van der Waals surface area (Å²) in [7, 11) is -2.06. The van der Waals surface area contributed by atoms with E-state index in [4.69, 9.17) is 21.1 Å². The zero-order valence-corrected chi connectivity index (χ0v) is 23.6. The SMILES string of the molecule is COc1ccc(C(=O)N2CCc3ccc(NC(=O)COc4ccc(S(=O)(=O)N5CCCCC5)cc4Cl)cc32)cc1. The number of benzene rings is 3. The first-order chi connectivity index (χ1) is 19.3. The molecule has 0 unspecified atom stereocenters. The molecule has 210 valence electrons. The van der Waals surface area contributed by atoms with E-state index in [2.05, 4.69) is 5.32 Å². The predicted octanol–water partition coefficient (Wildman–Crippen LogP) is 4.74. The number of rotatable bonds is 8. The Hall–Kier alpha value is -3.60. The number of anilines is 2. The van der Waals surface area contributed by atoms with Gasteiger partial charge >= 0.3 is 0 Å².